The number of aliphatic hydroxyl groups excluding tert-OH is 1. The van der Waals surface area contributed by atoms with Crippen molar-refractivity contribution in [3.05, 3.63) is 52.1 Å². The van der Waals surface area contributed by atoms with Crippen LogP contribution in [0.1, 0.15) is 5.56 Å². The van der Waals surface area contributed by atoms with Crippen LogP contribution in [-0.2, 0) is 6.61 Å². The third-order valence-electron chi connectivity index (χ3n) is 2.07. The van der Waals surface area contributed by atoms with Gasteiger partial charge in [-0.05, 0) is 30.3 Å². The van der Waals surface area contributed by atoms with Crippen LogP contribution in [0.15, 0.2) is 36.5 Å². The molecule has 1 N–H and O–H groups in total. The largest absolute Gasteiger partial charge is 0.439 e. The van der Waals surface area contributed by atoms with E-state index < -0.39 is 0 Å². The molecule has 0 saturated carbocycles. The van der Waals surface area contributed by atoms with Gasteiger partial charge in [-0.15, -0.1) is 0 Å². The predicted molar refractivity (Wildman–Crippen MR) is 66.7 cm³/mol. The Morgan fingerprint density at radius 3 is 2.53 bits per heavy atom. The standard InChI is InChI=1S/C12H9Cl2NO2/c13-9-4-10(14)6-11(5-9)17-12-8(7-16)2-1-3-15-12/h1-6,16H,7H2. The Bertz CT molecular complexity index is 511. The Hall–Kier alpha value is -1.29. The smallest absolute Gasteiger partial charge is 0.224 e. The second-order valence-corrected chi connectivity index (χ2v) is 4.21. The van der Waals surface area contributed by atoms with Gasteiger partial charge in [-0.25, -0.2) is 4.98 Å². The molecule has 2 rings (SSSR count). The number of hydrogen-bond donors (Lipinski definition) is 1. The molecular formula is C12H9Cl2NO2. The Labute approximate surface area is 109 Å². The maximum atomic E-state index is 9.13. The maximum Gasteiger partial charge on any atom is 0.224 e. The third kappa shape index (κ3) is 3.09. The highest BCUT2D eigenvalue weighted by atomic mass is 35.5. The van der Waals surface area contributed by atoms with E-state index in [2.05, 4.69) is 4.98 Å². The van der Waals surface area contributed by atoms with Crippen molar-refractivity contribution in [2.75, 3.05) is 0 Å². The van der Waals surface area contributed by atoms with Crippen molar-refractivity contribution in [3.63, 3.8) is 0 Å². The van der Waals surface area contributed by atoms with Crippen LogP contribution < -0.4 is 4.74 Å². The molecule has 0 amide bonds. The highest BCUT2D eigenvalue weighted by Crippen LogP contribution is 2.28. The van der Waals surface area contributed by atoms with Crippen LogP contribution in [0.2, 0.25) is 10.0 Å². The summed E-state index contributed by atoms with van der Waals surface area (Å²) in [6.45, 7) is -0.141. The van der Waals surface area contributed by atoms with Crippen LogP contribution in [0.4, 0.5) is 0 Å². The SMILES string of the molecule is OCc1cccnc1Oc1cc(Cl)cc(Cl)c1. The van der Waals surface area contributed by atoms with E-state index in [4.69, 9.17) is 33.0 Å². The van der Waals surface area contributed by atoms with Gasteiger partial charge in [0.25, 0.3) is 0 Å². The molecule has 17 heavy (non-hydrogen) atoms. The molecule has 0 radical (unpaired) electrons. The average molecular weight is 270 g/mol. The lowest BCUT2D eigenvalue weighted by Crippen LogP contribution is -1.94. The van der Waals surface area contributed by atoms with E-state index in [9.17, 15) is 0 Å². The minimum absolute atomic E-state index is 0.141. The van der Waals surface area contributed by atoms with Gasteiger partial charge >= 0.3 is 0 Å². The molecule has 1 aromatic carbocycles. The van der Waals surface area contributed by atoms with Crippen LogP contribution in [0.3, 0.4) is 0 Å². The topological polar surface area (TPSA) is 42.4 Å². The number of aromatic nitrogens is 1. The summed E-state index contributed by atoms with van der Waals surface area (Å²) < 4.78 is 5.52. The molecule has 0 bridgehead atoms. The van der Waals surface area contributed by atoms with Gasteiger partial charge in [0, 0.05) is 21.8 Å². The van der Waals surface area contributed by atoms with Crippen molar-refractivity contribution in [2.45, 2.75) is 6.61 Å². The molecule has 0 spiro atoms. The first kappa shape index (κ1) is 12.2. The Morgan fingerprint density at radius 2 is 1.88 bits per heavy atom. The van der Waals surface area contributed by atoms with Crippen LogP contribution in [0, 0.1) is 0 Å². The summed E-state index contributed by atoms with van der Waals surface area (Å²) in [5.41, 5.74) is 0.601. The van der Waals surface area contributed by atoms with Gasteiger partial charge < -0.3 is 9.84 Å². The van der Waals surface area contributed by atoms with Crippen molar-refractivity contribution in [2.24, 2.45) is 0 Å². The van der Waals surface area contributed by atoms with Gasteiger partial charge in [0.2, 0.25) is 5.88 Å². The van der Waals surface area contributed by atoms with Crippen LogP contribution in [0.25, 0.3) is 0 Å². The average Bonchev–Trinajstić information content (AvgIpc) is 2.28. The molecule has 5 heteroatoms. The fraction of sp³-hybridized carbons (Fsp3) is 0.0833. The number of rotatable bonds is 3. The molecular weight excluding hydrogens is 261 g/mol. The van der Waals surface area contributed by atoms with Crippen LogP contribution in [-0.4, -0.2) is 10.1 Å². The van der Waals surface area contributed by atoms with E-state index in [1.165, 1.54) is 0 Å². The summed E-state index contributed by atoms with van der Waals surface area (Å²) >= 11 is 11.7. The van der Waals surface area contributed by atoms with Crippen molar-refractivity contribution < 1.29 is 9.84 Å². The summed E-state index contributed by atoms with van der Waals surface area (Å²) in [5, 5.41) is 10.1. The van der Waals surface area contributed by atoms with E-state index >= 15 is 0 Å². The highest BCUT2D eigenvalue weighted by Gasteiger charge is 2.06. The number of ether oxygens (including phenoxy) is 1. The number of aliphatic hydroxyl groups is 1. The fourth-order valence-corrected chi connectivity index (χ4v) is 1.84. The molecule has 0 fully saturated rings. The second kappa shape index (κ2) is 5.36. The minimum Gasteiger partial charge on any atom is -0.439 e. The molecule has 2 aromatic rings. The molecule has 0 saturated heterocycles. The Kier molecular flexibility index (Phi) is 3.84. The van der Waals surface area contributed by atoms with Gasteiger partial charge in [0.05, 0.1) is 6.61 Å². The summed E-state index contributed by atoms with van der Waals surface area (Å²) in [7, 11) is 0. The van der Waals surface area contributed by atoms with Crippen LogP contribution >= 0.6 is 23.2 Å². The number of halogens is 2. The second-order valence-electron chi connectivity index (χ2n) is 3.33. The quantitative estimate of drug-likeness (QED) is 0.925. The summed E-state index contributed by atoms with van der Waals surface area (Å²) in [5.74, 6) is 0.823. The van der Waals surface area contributed by atoms with Crippen molar-refractivity contribution >= 4 is 23.2 Å². The lowest BCUT2D eigenvalue weighted by Gasteiger charge is -2.08. The Balaban J connectivity index is 2.31. The number of hydrogen-bond acceptors (Lipinski definition) is 3. The number of nitrogens with zero attached hydrogens (tertiary/aromatic N) is 1. The van der Waals surface area contributed by atoms with Crippen LogP contribution in [0.5, 0.6) is 11.6 Å². The summed E-state index contributed by atoms with van der Waals surface area (Å²) in [6, 6.07) is 8.33. The van der Waals surface area contributed by atoms with Gasteiger partial charge in [-0.3, -0.25) is 0 Å². The van der Waals surface area contributed by atoms with Gasteiger partial charge in [0.15, 0.2) is 0 Å². The van der Waals surface area contributed by atoms with Crippen molar-refractivity contribution in [1.82, 2.24) is 4.98 Å². The van der Waals surface area contributed by atoms with E-state index in [0.717, 1.165) is 0 Å². The predicted octanol–water partition coefficient (Wildman–Crippen LogP) is 3.67. The lowest BCUT2D eigenvalue weighted by molar-refractivity contribution is 0.275. The highest BCUT2D eigenvalue weighted by molar-refractivity contribution is 6.34. The normalized spacial score (nSPS) is 10.3. The zero-order valence-electron chi connectivity index (χ0n) is 8.73. The summed E-state index contributed by atoms with van der Waals surface area (Å²) in [4.78, 5) is 4.04. The molecule has 0 aliphatic rings. The molecule has 0 atom stereocenters. The monoisotopic (exact) mass is 269 g/mol. The molecule has 88 valence electrons. The van der Waals surface area contributed by atoms with Crippen molar-refractivity contribution in [1.29, 1.82) is 0 Å². The number of pyridine rings is 1. The lowest BCUT2D eigenvalue weighted by atomic mass is 10.3. The van der Waals surface area contributed by atoms with Crippen molar-refractivity contribution in [3.8, 4) is 11.6 Å². The Morgan fingerprint density at radius 1 is 1.18 bits per heavy atom. The number of benzene rings is 1. The molecule has 1 heterocycles. The van der Waals surface area contributed by atoms with E-state index in [0.29, 0.717) is 27.2 Å². The molecule has 3 nitrogen and oxygen atoms in total. The first-order valence-corrected chi connectivity index (χ1v) is 5.63. The minimum atomic E-state index is -0.141. The molecule has 0 aliphatic heterocycles. The maximum absolute atomic E-state index is 9.13. The van der Waals surface area contributed by atoms with Gasteiger partial charge in [-0.2, -0.15) is 0 Å². The third-order valence-corrected chi connectivity index (χ3v) is 2.51. The zero-order chi connectivity index (χ0) is 12.3. The van der Waals surface area contributed by atoms with Gasteiger partial charge in [-0.1, -0.05) is 23.2 Å². The molecule has 1 aromatic heterocycles. The molecule has 0 unspecified atom stereocenters. The van der Waals surface area contributed by atoms with Gasteiger partial charge in [0.1, 0.15) is 5.75 Å². The van der Waals surface area contributed by atoms with E-state index in [-0.39, 0.29) is 6.61 Å². The first-order chi connectivity index (χ1) is 8.19. The summed E-state index contributed by atoms with van der Waals surface area (Å²) in [6.07, 6.45) is 1.58. The first-order valence-electron chi connectivity index (χ1n) is 4.88. The van der Waals surface area contributed by atoms with E-state index in [1.54, 1.807) is 36.5 Å². The van der Waals surface area contributed by atoms with E-state index in [1.807, 2.05) is 0 Å². The fourth-order valence-electron chi connectivity index (χ4n) is 1.34. The zero-order valence-corrected chi connectivity index (χ0v) is 10.2. The molecule has 0 aliphatic carbocycles.